The van der Waals surface area contributed by atoms with Crippen molar-refractivity contribution in [1.29, 1.82) is 0 Å². The largest absolute Gasteiger partial charge is 0.338 e. The van der Waals surface area contributed by atoms with Gasteiger partial charge in [-0.2, -0.15) is 0 Å². The molecule has 0 N–H and O–H groups in total. The van der Waals surface area contributed by atoms with E-state index in [0.717, 1.165) is 0 Å². The number of amides is 1. The fraction of sp³-hybridized carbons (Fsp3) is 0.455. The van der Waals surface area contributed by atoms with Gasteiger partial charge in [-0.3, -0.25) is 4.79 Å². The molecule has 2 heterocycles. The van der Waals surface area contributed by atoms with Gasteiger partial charge in [-0.1, -0.05) is 11.6 Å². The number of aromatic nitrogens is 1. The molecule has 2 rings (SSSR count). The molecule has 1 amide bonds. The van der Waals surface area contributed by atoms with E-state index in [1.165, 1.54) is 11.1 Å². The van der Waals surface area contributed by atoms with E-state index in [1.807, 2.05) is 0 Å². The van der Waals surface area contributed by atoms with Crippen molar-refractivity contribution in [1.82, 2.24) is 9.88 Å². The maximum absolute atomic E-state index is 12.3. The molecule has 104 valence electrons. The van der Waals surface area contributed by atoms with Crippen LogP contribution in [0.4, 0.5) is 0 Å². The van der Waals surface area contributed by atoms with Crippen molar-refractivity contribution in [2.24, 2.45) is 0 Å². The van der Waals surface area contributed by atoms with Crippen molar-refractivity contribution in [3.05, 3.63) is 27.5 Å². The topological polar surface area (TPSA) is 67.3 Å². The highest BCUT2D eigenvalue weighted by Gasteiger charge is 2.33. The fourth-order valence-corrected chi connectivity index (χ4v) is 4.30. The molecule has 19 heavy (non-hydrogen) atoms. The lowest BCUT2D eigenvalue weighted by molar-refractivity contribution is 0.0747. The zero-order chi connectivity index (χ0) is 14.2. The third-order valence-corrected chi connectivity index (χ3v) is 5.60. The van der Waals surface area contributed by atoms with Crippen LogP contribution < -0.4 is 0 Å². The minimum absolute atomic E-state index is 0.00823. The van der Waals surface area contributed by atoms with E-state index in [4.69, 9.17) is 11.6 Å². The Kier molecular flexibility index (Phi) is 4.17. The molecule has 0 aliphatic carbocycles. The normalized spacial score (nSPS) is 21.3. The van der Waals surface area contributed by atoms with E-state index in [-0.39, 0.29) is 34.2 Å². The molecule has 0 aromatic carbocycles. The first-order chi connectivity index (χ1) is 8.80. The number of hydrogen-bond acceptors (Lipinski definition) is 4. The molecule has 0 radical (unpaired) electrons. The predicted octanol–water partition coefficient (Wildman–Crippen LogP) is 1.76. The first kappa shape index (κ1) is 14.7. The molecule has 0 saturated carbocycles. The van der Waals surface area contributed by atoms with Crippen molar-refractivity contribution in [2.75, 3.05) is 18.6 Å². The monoisotopic (exact) mass is 366 g/mol. The van der Waals surface area contributed by atoms with Gasteiger partial charge in [0.1, 0.15) is 5.15 Å². The highest BCUT2D eigenvalue weighted by Crippen LogP contribution is 2.23. The summed E-state index contributed by atoms with van der Waals surface area (Å²) in [6.07, 6.45) is 1.96. The molecule has 0 bridgehead atoms. The summed E-state index contributed by atoms with van der Waals surface area (Å²) >= 11 is 9.13. The second-order valence-corrected chi connectivity index (χ2v) is 7.97. The number of carbonyl (C=O) groups excluding carboxylic acids is 1. The number of carbonyl (C=O) groups is 1. The van der Waals surface area contributed by atoms with Crippen LogP contribution in [0.25, 0.3) is 0 Å². The molecule has 1 atom stereocenters. The van der Waals surface area contributed by atoms with Crippen molar-refractivity contribution in [2.45, 2.75) is 12.5 Å². The van der Waals surface area contributed by atoms with Gasteiger partial charge in [-0.25, -0.2) is 13.4 Å². The van der Waals surface area contributed by atoms with Gasteiger partial charge in [0.25, 0.3) is 5.91 Å². The van der Waals surface area contributed by atoms with Crippen molar-refractivity contribution < 1.29 is 13.2 Å². The van der Waals surface area contributed by atoms with Crippen LogP contribution in [0, 0.1) is 0 Å². The molecule has 1 aliphatic rings. The highest BCUT2D eigenvalue weighted by atomic mass is 79.9. The zero-order valence-corrected chi connectivity index (χ0v) is 13.3. The van der Waals surface area contributed by atoms with Crippen LogP contribution >= 0.6 is 27.5 Å². The third kappa shape index (κ3) is 3.27. The Morgan fingerprint density at radius 2 is 2.26 bits per heavy atom. The van der Waals surface area contributed by atoms with Crippen LogP contribution in [0.1, 0.15) is 16.8 Å². The van der Waals surface area contributed by atoms with Crippen LogP contribution in [0.15, 0.2) is 16.7 Å². The number of halogens is 2. The Balaban J connectivity index is 2.22. The molecule has 1 aliphatic heterocycles. The number of nitrogens with zero attached hydrogens (tertiary/aromatic N) is 2. The van der Waals surface area contributed by atoms with Gasteiger partial charge in [0, 0.05) is 23.8 Å². The quantitative estimate of drug-likeness (QED) is 0.747. The van der Waals surface area contributed by atoms with Crippen LogP contribution in [0.3, 0.4) is 0 Å². The lowest BCUT2D eigenvalue weighted by atomic mass is 10.2. The van der Waals surface area contributed by atoms with Gasteiger partial charge in [-0.15, -0.1) is 0 Å². The molecule has 1 aromatic rings. The van der Waals surface area contributed by atoms with Gasteiger partial charge in [0.2, 0.25) is 0 Å². The Morgan fingerprint density at radius 3 is 2.84 bits per heavy atom. The Morgan fingerprint density at radius 1 is 1.58 bits per heavy atom. The van der Waals surface area contributed by atoms with Gasteiger partial charge >= 0.3 is 0 Å². The summed E-state index contributed by atoms with van der Waals surface area (Å²) in [4.78, 5) is 17.6. The minimum Gasteiger partial charge on any atom is -0.338 e. The zero-order valence-electron chi connectivity index (χ0n) is 10.1. The maximum atomic E-state index is 12.3. The average Bonchev–Trinajstić information content (AvgIpc) is 2.71. The Bertz CT molecular complexity index is 620. The SMILES string of the molecule is CN(C(=O)c1cc(Br)cnc1Cl)C1CCS(=O)(=O)C1. The van der Waals surface area contributed by atoms with Crippen LogP contribution in [-0.2, 0) is 9.84 Å². The number of sulfone groups is 1. The van der Waals surface area contributed by atoms with Gasteiger partial charge in [0.15, 0.2) is 9.84 Å². The maximum Gasteiger partial charge on any atom is 0.257 e. The van der Waals surface area contributed by atoms with Crippen LogP contribution in [-0.4, -0.2) is 48.8 Å². The standard InChI is InChI=1S/C11H12BrClN2O3S/c1-15(8-2-3-19(17,18)6-8)11(16)9-4-7(12)5-14-10(9)13/h4-5,8H,2-3,6H2,1H3. The molecule has 1 unspecified atom stereocenters. The van der Waals surface area contributed by atoms with Gasteiger partial charge in [-0.05, 0) is 28.4 Å². The van der Waals surface area contributed by atoms with E-state index < -0.39 is 9.84 Å². The van der Waals surface area contributed by atoms with E-state index in [1.54, 1.807) is 13.1 Å². The second-order valence-electron chi connectivity index (χ2n) is 4.46. The van der Waals surface area contributed by atoms with Crippen LogP contribution in [0.5, 0.6) is 0 Å². The smallest absolute Gasteiger partial charge is 0.257 e. The third-order valence-electron chi connectivity index (χ3n) is 3.11. The number of hydrogen-bond donors (Lipinski definition) is 0. The molecular weight excluding hydrogens is 356 g/mol. The highest BCUT2D eigenvalue weighted by molar-refractivity contribution is 9.10. The minimum atomic E-state index is -3.03. The first-order valence-electron chi connectivity index (χ1n) is 5.59. The summed E-state index contributed by atoms with van der Waals surface area (Å²) in [5.41, 5.74) is 0.267. The van der Waals surface area contributed by atoms with E-state index in [9.17, 15) is 13.2 Å². The Labute approximate surface area is 125 Å². The molecule has 1 fully saturated rings. The Hall–Kier alpha value is -0.660. The number of rotatable bonds is 2. The summed E-state index contributed by atoms with van der Waals surface area (Å²) in [5.74, 6) is -0.186. The summed E-state index contributed by atoms with van der Waals surface area (Å²) < 4.78 is 23.5. The molecule has 5 nitrogen and oxygen atoms in total. The van der Waals surface area contributed by atoms with E-state index in [0.29, 0.717) is 10.9 Å². The lowest BCUT2D eigenvalue weighted by Gasteiger charge is -2.23. The lowest BCUT2D eigenvalue weighted by Crippen LogP contribution is -2.38. The second kappa shape index (κ2) is 5.38. The summed E-state index contributed by atoms with van der Waals surface area (Å²) in [7, 11) is -1.44. The molecule has 8 heteroatoms. The van der Waals surface area contributed by atoms with E-state index in [2.05, 4.69) is 20.9 Å². The van der Waals surface area contributed by atoms with Crippen molar-refractivity contribution in [3.63, 3.8) is 0 Å². The summed E-state index contributed by atoms with van der Waals surface area (Å²) in [6.45, 7) is 0. The summed E-state index contributed by atoms with van der Waals surface area (Å²) in [5, 5.41) is 0.112. The molecule has 0 spiro atoms. The fourth-order valence-electron chi connectivity index (χ4n) is 2.01. The van der Waals surface area contributed by atoms with Gasteiger partial charge in [0.05, 0.1) is 17.1 Å². The first-order valence-corrected chi connectivity index (χ1v) is 8.58. The average molecular weight is 368 g/mol. The molecular formula is C11H12BrClN2O3S. The summed E-state index contributed by atoms with van der Waals surface area (Å²) in [6, 6.07) is 1.28. The van der Waals surface area contributed by atoms with Crippen molar-refractivity contribution >= 4 is 43.3 Å². The molecule has 1 aromatic heterocycles. The van der Waals surface area contributed by atoms with E-state index >= 15 is 0 Å². The predicted molar refractivity (Wildman–Crippen MR) is 76.1 cm³/mol. The number of pyridine rings is 1. The molecule has 1 saturated heterocycles. The van der Waals surface area contributed by atoms with Crippen LogP contribution in [0.2, 0.25) is 5.15 Å². The van der Waals surface area contributed by atoms with Gasteiger partial charge < -0.3 is 4.90 Å². The van der Waals surface area contributed by atoms with Crippen molar-refractivity contribution in [3.8, 4) is 0 Å².